The van der Waals surface area contributed by atoms with Crippen LogP contribution in [0.3, 0.4) is 0 Å². The van der Waals surface area contributed by atoms with Crippen molar-refractivity contribution in [1.29, 1.82) is 0 Å². The summed E-state index contributed by atoms with van der Waals surface area (Å²) >= 11 is 1.68. The number of fused-ring (bicyclic) bond motifs is 3. The zero-order chi connectivity index (χ0) is 18.8. The first kappa shape index (κ1) is 19.3. The van der Waals surface area contributed by atoms with E-state index in [1.165, 1.54) is 49.8 Å². The molecule has 1 aromatic carbocycles. The molecule has 2 fully saturated rings. The minimum absolute atomic E-state index is 0.270. The highest BCUT2D eigenvalue weighted by atomic mass is 32.2. The Morgan fingerprint density at radius 1 is 1.15 bits per heavy atom. The third-order valence-corrected chi connectivity index (χ3v) is 7.82. The first-order valence-electron chi connectivity index (χ1n) is 10.9. The van der Waals surface area contributed by atoms with Crippen LogP contribution in [0.15, 0.2) is 29.2 Å². The molecule has 1 aromatic rings. The Hall–Kier alpha value is -1.00. The lowest BCUT2D eigenvalue weighted by molar-refractivity contribution is -0.116. The SMILES string of the molecule is CCCCC1CC2CC[C@@H](C1)N2C[C@@H](C)CN1C(=O)CSc2ccccc21. The number of hydrogen-bond acceptors (Lipinski definition) is 3. The second kappa shape index (κ2) is 8.57. The number of amides is 1. The van der Waals surface area contributed by atoms with Crippen LogP contribution in [-0.4, -0.2) is 41.7 Å². The van der Waals surface area contributed by atoms with E-state index in [4.69, 9.17) is 0 Å². The lowest BCUT2D eigenvalue weighted by Crippen LogP contribution is -2.47. The molecule has 0 radical (unpaired) electrons. The summed E-state index contributed by atoms with van der Waals surface area (Å²) in [6, 6.07) is 9.97. The van der Waals surface area contributed by atoms with Gasteiger partial charge in [0, 0.05) is 30.1 Å². The van der Waals surface area contributed by atoms with E-state index < -0.39 is 0 Å². The summed E-state index contributed by atoms with van der Waals surface area (Å²) in [5, 5.41) is 0. The molecule has 0 N–H and O–H groups in total. The molecule has 2 saturated heterocycles. The molecular weight excluding hydrogens is 352 g/mol. The summed E-state index contributed by atoms with van der Waals surface area (Å²) in [5.74, 6) is 2.33. The van der Waals surface area contributed by atoms with Crippen molar-refractivity contribution in [2.75, 3.05) is 23.7 Å². The third-order valence-electron chi connectivity index (χ3n) is 6.77. The number of anilines is 1. The molecule has 148 valence electrons. The Labute approximate surface area is 168 Å². The number of unbranched alkanes of at least 4 members (excludes halogenated alkanes) is 1. The lowest BCUT2D eigenvalue weighted by Gasteiger charge is -2.41. The molecule has 0 spiro atoms. The van der Waals surface area contributed by atoms with Gasteiger partial charge >= 0.3 is 0 Å². The maximum atomic E-state index is 12.6. The van der Waals surface area contributed by atoms with Crippen LogP contribution in [0.1, 0.15) is 58.8 Å². The van der Waals surface area contributed by atoms with Crippen molar-refractivity contribution in [2.45, 2.75) is 75.8 Å². The van der Waals surface area contributed by atoms with Gasteiger partial charge in [-0.1, -0.05) is 45.2 Å². The molecule has 0 aromatic heterocycles. The number of thioether (sulfide) groups is 1. The van der Waals surface area contributed by atoms with Crippen LogP contribution in [0, 0.1) is 11.8 Å². The van der Waals surface area contributed by atoms with Gasteiger partial charge in [-0.15, -0.1) is 11.8 Å². The number of piperidine rings is 1. The molecule has 3 aliphatic rings. The Balaban J connectivity index is 1.36. The third kappa shape index (κ3) is 4.22. The van der Waals surface area contributed by atoms with Crippen LogP contribution < -0.4 is 4.90 Å². The van der Waals surface area contributed by atoms with Crippen LogP contribution in [0.5, 0.6) is 0 Å². The predicted octanol–water partition coefficient (Wildman–Crippen LogP) is 5.19. The van der Waals surface area contributed by atoms with Crippen molar-refractivity contribution in [1.82, 2.24) is 4.90 Å². The van der Waals surface area contributed by atoms with E-state index in [1.54, 1.807) is 11.8 Å². The van der Waals surface area contributed by atoms with Gasteiger partial charge in [-0.05, 0) is 49.7 Å². The number of carbonyl (C=O) groups excluding carboxylic acids is 1. The van der Waals surface area contributed by atoms with E-state index in [1.807, 2.05) is 4.90 Å². The van der Waals surface area contributed by atoms with E-state index in [2.05, 4.69) is 43.0 Å². The summed E-state index contributed by atoms with van der Waals surface area (Å²) in [4.78, 5) is 18.7. The highest BCUT2D eigenvalue weighted by molar-refractivity contribution is 8.00. The average Bonchev–Trinajstić information content (AvgIpc) is 2.90. The maximum absolute atomic E-state index is 12.6. The zero-order valence-electron chi connectivity index (χ0n) is 16.9. The molecule has 27 heavy (non-hydrogen) atoms. The molecule has 2 unspecified atom stereocenters. The first-order chi connectivity index (χ1) is 13.2. The van der Waals surface area contributed by atoms with E-state index in [0.717, 1.165) is 36.8 Å². The van der Waals surface area contributed by atoms with Gasteiger partial charge in [0.15, 0.2) is 0 Å². The van der Waals surface area contributed by atoms with Gasteiger partial charge in [0.25, 0.3) is 0 Å². The van der Waals surface area contributed by atoms with E-state index >= 15 is 0 Å². The smallest absolute Gasteiger partial charge is 0.237 e. The number of carbonyl (C=O) groups is 1. The molecule has 3 nitrogen and oxygen atoms in total. The standard InChI is InChI=1S/C23H34N2OS/c1-3-4-7-18-12-19-10-11-20(13-18)24(19)14-17(2)15-25-21-8-5-6-9-22(21)27-16-23(25)26/h5-6,8-9,17-20H,3-4,7,10-16H2,1-2H3/t17-,18?,19+,20?/m1/s1. The van der Waals surface area contributed by atoms with E-state index in [0.29, 0.717) is 11.7 Å². The van der Waals surface area contributed by atoms with Crippen LogP contribution in [0.25, 0.3) is 0 Å². The van der Waals surface area contributed by atoms with Crippen molar-refractivity contribution in [2.24, 2.45) is 11.8 Å². The highest BCUT2D eigenvalue weighted by Crippen LogP contribution is 2.41. The average molecular weight is 387 g/mol. The zero-order valence-corrected chi connectivity index (χ0v) is 17.7. The fraction of sp³-hybridized carbons (Fsp3) is 0.696. The van der Waals surface area contributed by atoms with E-state index in [-0.39, 0.29) is 5.91 Å². The van der Waals surface area contributed by atoms with Crippen molar-refractivity contribution < 1.29 is 4.79 Å². The number of para-hydroxylation sites is 1. The molecule has 0 saturated carbocycles. The maximum Gasteiger partial charge on any atom is 0.237 e. The van der Waals surface area contributed by atoms with Gasteiger partial charge in [0.1, 0.15) is 0 Å². The molecule has 4 atom stereocenters. The number of nitrogens with zero attached hydrogens (tertiary/aromatic N) is 2. The summed E-state index contributed by atoms with van der Waals surface area (Å²) in [6.45, 7) is 6.64. The van der Waals surface area contributed by atoms with Crippen LogP contribution in [-0.2, 0) is 4.79 Å². The molecule has 3 heterocycles. The van der Waals surface area contributed by atoms with E-state index in [9.17, 15) is 4.79 Å². The summed E-state index contributed by atoms with van der Waals surface area (Å²) < 4.78 is 0. The van der Waals surface area contributed by atoms with Gasteiger partial charge in [-0.25, -0.2) is 0 Å². The Morgan fingerprint density at radius 2 is 1.89 bits per heavy atom. The van der Waals surface area contributed by atoms with Gasteiger partial charge in [-0.2, -0.15) is 0 Å². The number of benzene rings is 1. The van der Waals surface area contributed by atoms with Gasteiger partial charge < -0.3 is 4.90 Å². The largest absolute Gasteiger partial charge is 0.310 e. The summed E-state index contributed by atoms with van der Waals surface area (Å²) in [6.07, 6.45) is 9.76. The molecule has 4 rings (SSSR count). The van der Waals surface area contributed by atoms with Crippen LogP contribution in [0.2, 0.25) is 0 Å². The Bertz CT molecular complexity index is 650. The lowest BCUT2D eigenvalue weighted by atomic mass is 9.86. The summed E-state index contributed by atoms with van der Waals surface area (Å²) in [5.41, 5.74) is 1.12. The number of rotatable bonds is 7. The fourth-order valence-corrected chi connectivity index (χ4v) is 6.43. The Kier molecular flexibility index (Phi) is 6.13. The predicted molar refractivity (Wildman–Crippen MR) is 114 cm³/mol. The summed E-state index contributed by atoms with van der Waals surface area (Å²) in [7, 11) is 0. The molecular formula is C23H34N2OS. The van der Waals surface area contributed by atoms with Gasteiger partial charge in [-0.3, -0.25) is 9.69 Å². The quantitative estimate of drug-likeness (QED) is 0.644. The van der Waals surface area contributed by atoms with Gasteiger partial charge in [0.2, 0.25) is 5.91 Å². The topological polar surface area (TPSA) is 23.6 Å². The van der Waals surface area contributed by atoms with Crippen LogP contribution >= 0.6 is 11.8 Å². The highest BCUT2D eigenvalue weighted by Gasteiger charge is 2.40. The van der Waals surface area contributed by atoms with Gasteiger partial charge in [0.05, 0.1) is 11.4 Å². The molecule has 4 heteroatoms. The molecule has 1 amide bonds. The molecule has 0 aliphatic carbocycles. The first-order valence-corrected chi connectivity index (χ1v) is 11.9. The Morgan fingerprint density at radius 3 is 2.63 bits per heavy atom. The van der Waals surface area contributed by atoms with Crippen molar-refractivity contribution >= 4 is 23.4 Å². The van der Waals surface area contributed by atoms with Crippen molar-refractivity contribution in [3.63, 3.8) is 0 Å². The minimum Gasteiger partial charge on any atom is -0.310 e. The monoisotopic (exact) mass is 386 g/mol. The molecule has 2 bridgehead atoms. The van der Waals surface area contributed by atoms with Crippen molar-refractivity contribution in [3.05, 3.63) is 24.3 Å². The normalized spacial score (nSPS) is 29.0. The fourth-order valence-electron chi connectivity index (χ4n) is 5.50. The van der Waals surface area contributed by atoms with Crippen molar-refractivity contribution in [3.8, 4) is 0 Å². The second-order valence-electron chi connectivity index (χ2n) is 8.93. The second-order valence-corrected chi connectivity index (χ2v) is 9.94. The molecule has 3 aliphatic heterocycles. The number of hydrogen-bond donors (Lipinski definition) is 0. The van der Waals surface area contributed by atoms with Crippen LogP contribution in [0.4, 0.5) is 5.69 Å². The minimum atomic E-state index is 0.270.